The van der Waals surface area contributed by atoms with Crippen LogP contribution in [0.1, 0.15) is 5.56 Å². The van der Waals surface area contributed by atoms with Gasteiger partial charge in [0, 0.05) is 4.47 Å². The van der Waals surface area contributed by atoms with E-state index >= 15 is 0 Å². The third-order valence-corrected chi connectivity index (χ3v) is 4.21. The first kappa shape index (κ1) is 16.3. The second kappa shape index (κ2) is 7.35. The molecule has 0 fully saturated rings. The maximum Gasteiger partial charge on any atom is 0.283 e. The zero-order valence-electron chi connectivity index (χ0n) is 12.6. The largest absolute Gasteiger partial charge is 0.485 e. The number of hydrogen-bond donors (Lipinski definition) is 2. The first-order chi connectivity index (χ1) is 11.6. The number of amides is 2. The van der Waals surface area contributed by atoms with Crippen molar-refractivity contribution < 1.29 is 19.1 Å². The minimum Gasteiger partial charge on any atom is -0.485 e. The molecule has 24 heavy (non-hydrogen) atoms. The molecule has 2 aromatic carbocycles. The predicted molar refractivity (Wildman–Crippen MR) is 90.5 cm³/mol. The number of benzene rings is 2. The Bertz CT molecular complexity index is 766. The third-order valence-electron chi connectivity index (χ3n) is 3.43. The van der Waals surface area contributed by atoms with Gasteiger partial charge in [0.1, 0.15) is 6.61 Å². The van der Waals surface area contributed by atoms with Gasteiger partial charge in [-0.05, 0) is 23.8 Å². The normalized spacial score (nSPS) is 15.5. The molecule has 3 rings (SSSR count). The summed E-state index contributed by atoms with van der Waals surface area (Å²) < 4.78 is 11.9. The summed E-state index contributed by atoms with van der Waals surface area (Å²) in [5.41, 5.74) is 5.58. The predicted octanol–water partition coefficient (Wildman–Crippen LogP) is 1.98. The average molecular weight is 391 g/mol. The molecule has 0 aliphatic carbocycles. The summed E-state index contributed by atoms with van der Waals surface area (Å²) in [6.45, 7) is 0.0863. The Balaban J connectivity index is 1.51. The van der Waals surface area contributed by atoms with E-state index in [1.54, 1.807) is 18.2 Å². The minimum atomic E-state index is -0.816. The van der Waals surface area contributed by atoms with E-state index in [2.05, 4.69) is 26.8 Å². The molecule has 0 saturated carbocycles. The number of hydrazine groups is 1. The Kier molecular flexibility index (Phi) is 5.00. The lowest BCUT2D eigenvalue weighted by Crippen LogP contribution is -2.51. The maximum absolute atomic E-state index is 12.1. The van der Waals surface area contributed by atoms with E-state index < -0.39 is 12.0 Å². The van der Waals surface area contributed by atoms with Crippen molar-refractivity contribution in [2.24, 2.45) is 0 Å². The zero-order chi connectivity index (χ0) is 16.9. The van der Waals surface area contributed by atoms with Gasteiger partial charge in [0.15, 0.2) is 11.5 Å². The molecule has 1 atom stereocenters. The third kappa shape index (κ3) is 3.86. The smallest absolute Gasteiger partial charge is 0.283 e. The van der Waals surface area contributed by atoms with Gasteiger partial charge in [-0.1, -0.05) is 46.3 Å². The summed E-state index contributed by atoms with van der Waals surface area (Å²) in [7, 11) is 0. The number of nitrogens with one attached hydrogen (secondary N) is 2. The van der Waals surface area contributed by atoms with Crippen molar-refractivity contribution in [3.63, 3.8) is 0 Å². The summed E-state index contributed by atoms with van der Waals surface area (Å²) in [5.74, 6) is 0.306. The van der Waals surface area contributed by atoms with Crippen LogP contribution < -0.4 is 20.3 Å². The highest BCUT2D eigenvalue weighted by Gasteiger charge is 2.27. The monoisotopic (exact) mass is 390 g/mol. The van der Waals surface area contributed by atoms with Crippen molar-refractivity contribution in [2.75, 3.05) is 6.61 Å². The lowest BCUT2D eigenvalue weighted by Gasteiger charge is -2.25. The number of fused-ring (bicyclic) bond motifs is 1. The van der Waals surface area contributed by atoms with Crippen molar-refractivity contribution in [1.82, 2.24) is 10.9 Å². The van der Waals surface area contributed by atoms with Gasteiger partial charge in [-0.2, -0.15) is 0 Å². The number of carbonyl (C=O) groups is 2. The van der Waals surface area contributed by atoms with Gasteiger partial charge < -0.3 is 9.47 Å². The molecule has 1 heterocycles. The van der Waals surface area contributed by atoms with Crippen molar-refractivity contribution in [3.05, 3.63) is 58.6 Å². The number of ether oxygens (including phenoxy) is 2. The fourth-order valence-electron chi connectivity index (χ4n) is 2.22. The Labute approximate surface area is 147 Å². The van der Waals surface area contributed by atoms with E-state index in [9.17, 15) is 9.59 Å². The van der Waals surface area contributed by atoms with Crippen LogP contribution in [-0.2, 0) is 16.0 Å². The van der Waals surface area contributed by atoms with E-state index in [0.717, 1.165) is 10.0 Å². The van der Waals surface area contributed by atoms with Crippen LogP contribution >= 0.6 is 15.9 Å². The van der Waals surface area contributed by atoms with Crippen LogP contribution in [0.15, 0.2) is 53.0 Å². The van der Waals surface area contributed by atoms with E-state index in [0.29, 0.717) is 11.5 Å². The van der Waals surface area contributed by atoms with Gasteiger partial charge in [0.05, 0.1) is 6.42 Å². The summed E-state index contributed by atoms with van der Waals surface area (Å²) >= 11 is 3.38. The fraction of sp³-hybridized carbons (Fsp3) is 0.176. The van der Waals surface area contributed by atoms with Crippen molar-refractivity contribution in [3.8, 4) is 11.5 Å². The first-order valence-electron chi connectivity index (χ1n) is 7.34. The summed E-state index contributed by atoms with van der Waals surface area (Å²) in [4.78, 5) is 24.0. The molecule has 1 aliphatic rings. The minimum absolute atomic E-state index is 0.0863. The molecular weight excluding hydrogens is 376 g/mol. The van der Waals surface area contributed by atoms with Crippen LogP contribution in [0.4, 0.5) is 0 Å². The van der Waals surface area contributed by atoms with Gasteiger partial charge in [-0.3, -0.25) is 20.4 Å². The molecular formula is C17H15BrN2O4. The molecule has 0 aromatic heterocycles. The Hall–Kier alpha value is -2.54. The lowest BCUT2D eigenvalue weighted by atomic mass is 10.1. The van der Waals surface area contributed by atoms with E-state index in [-0.39, 0.29) is 18.9 Å². The molecule has 1 unspecified atom stereocenters. The number of para-hydroxylation sites is 2. The number of halogens is 1. The first-order valence-corrected chi connectivity index (χ1v) is 8.13. The van der Waals surface area contributed by atoms with Crippen molar-refractivity contribution >= 4 is 27.7 Å². The lowest BCUT2D eigenvalue weighted by molar-refractivity contribution is -0.134. The Morgan fingerprint density at radius 3 is 2.54 bits per heavy atom. The summed E-state index contributed by atoms with van der Waals surface area (Å²) in [6, 6.07) is 14.5. The zero-order valence-corrected chi connectivity index (χ0v) is 14.2. The standard InChI is InChI=1S/C17H15BrN2O4/c18-12-6-2-1-5-11(12)9-16(21)19-20-17(22)15-10-23-13-7-3-4-8-14(13)24-15/h1-8,15H,9-10H2,(H,19,21)(H,20,22). The molecule has 124 valence electrons. The van der Waals surface area contributed by atoms with Gasteiger partial charge >= 0.3 is 0 Å². The van der Waals surface area contributed by atoms with Gasteiger partial charge in [-0.25, -0.2) is 0 Å². The average Bonchev–Trinajstić information content (AvgIpc) is 2.61. The van der Waals surface area contributed by atoms with E-state index in [1.165, 1.54) is 0 Å². The number of hydrogen-bond acceptors (Lipinski definition) is 4. The highest BCUT2D eigenvalue weighted by molar-refractivity contribution is 9.10. The highest BCUT2D eigenvalue weighted by atomic mass is 79.9. The molecule has 0 bridgehead atoms. The van der Waals surface area contributed by atoms with Gasteiger partial charge in [0.2, 0.25) is 12.0 Å². The second-order valence-corrected chi connectivity index (χ2v) is 6.02. The van der Waals surface area contributed by atoms with Crippen LogP contribution in [0.2, 0.25) is 0 Å². The van der Waals surface area contributed by atoms with E-state index in [4.69, 9.17) is 9.47 Å². The van der Waals surface area contributed by atoms with Gasteiger partial charge in [-0.15, -0.1) is 0 Å². The van der Waals surface area contributed by atoms with Crippen LogP contribution in [0, 0.1) is 0 Å². The SMILES string of the molecule is O=C(Cc1ccccc1Br)NNC(=O)C1COc2ccccc2O1. The van der Waals surface area contributed by atoms with Crippen LogP contribution in [0.3, 0.4) is 0 Å². The highest BCUT2D eigenvalue weighted by Crippen LogP contribution is 2.30. The van der Waals surface area contributed by atoms with Gasteiger partial charge in [0.25, 0.3) is 5.91 Å². The van der Waals surface area contributed by atoms with Crippen LogP contribution in [0.5, 0.6) is 11.5 Å². The number of carbonyl (C=O) groups excluding carboxylic acids is 2. The molecule has 7 heteroatoms. The molecule has 0 spiro atoms. The Morgan fingerprint density at radius 2 is 1.75 bits per heavy atom. The molecule has 0 saturated heterocycles. The van der Waals surface area contributed by atoms with Crippen molar-refractivity contribution in [1.29, 1.82) is 0 Å². The fourth-order valence-corrected chi connectivity index (χ4v) is 2.64. The second-order valence-electron chi connectivity index (χ2n) is 5.17. The Morgan fingerprint density at radius 1 is 1.04 bits per heavy atom. The molecule has 2 amide bonds. The topological polar surface area (TPSA) is 76.7 Å². The van der Waals surface area contributed by atoms with E-state index in [1.807, 2.05) is 30.3 Å². The maximum atomic E-state index is 12.1. The summed E-state index contributed by atoms with van der Waals surface area (Å²) in [5, 5.41) is 0. The molecule has 6 nitrogen and oxygen atoms in total. The van der Waals surface area contributed by atoms with Crippen LogP contribution in [-0.4, -0.2) is 24.5 Å². The quantitative estimate of drug-likeness (QED) is 0.785. The van der Waals surface area contributed by atoms with Crippen molar-refractivity contribution in [2.45, 2.75) is 12.5 Å². The summed E-state index contributed by atoms with van der Waals surface area (Å²) in [6.07, 6.45) is -0.671. The molecule has 2 aromatic rings. The molecule has 0 radical (unpaired) electrons. The molecule has 1 aliphatic heterocycles. The molecule has 2 N–H and O–H groups in total. The van der Waals surface area contributed by atoms with Crippen LogP contribution in [0.25, 0.3) is 0 Å². The number of rotatable bonds is 3.